The molecule has 1 aliphatic carbocycles. The zero-order valence-corrected chi connectivity index (χ0v) is 30.4. The molecule has 1 unspecified atom stereocenters. The minimum absolute atomic E-state index is 0.248. The lowest BCUT2D eigenvalue weighted by Gasteiger charge is -2.26. The lowest BCUT2D eigenvalue weighted by molar-refractivity contribution is 0.880. The molecule has 1 heteroatoms. The van der Waals surface area contributed by atoms with Crippen molar-refractivity contribution >= 4 is 60.5 Å². The predicted octanol–water partition coefficient (Wildman–Crippen LogP) is 14.5. The topological polar surface area (TPSA) is 3.24 Å². The second kappa shape index (κ2) is 14.0. The van der Waals surface area contributed by atoms with Crippen LogP contribution in [0, 0.1) is 12.1 Å². The first-order chi connectivity index (χ1) is 27.3. The standard InChI is InChI=1S/C54H37N/c1-4-15-38(16-5-1)50-32-30-45(54-36-44-17-10-11-24-49(44)51-25-12-13-26-52(51)54)37-53(50)43-19-14-18-39(34-43)40-27-28-42-35-48(31-29-41(42)33-40)55(46-20-6-2-7-21-46)47-22-8-3-9-23-47/h1-2,4-8,10-36,45H,37H2. The van der Waals surface area contributed by atoms with Gasteiger partial charge < -0.3 is 4.90 Å². The summed E-state index contributed by atoms with van der Waals surface area (Å²) in [6.07, 6.45) is 5.72. The van der Waals surface area contributed by atoms with Gasteiger partial charge in [0.15, 0.2) is 0 Å². The second-order valence-corrected chi connectivity index (χ2v) is 14.3. The number of allylic oxidation sites excluding steroid dienone is 4. The Bertz CT molecular complexity index is 2850. The Morgan fingerprint density at radius 3 is 1.96 bits per heavy atom. The van der Waals surface area contributed by atoms with E-state index in [1.165, 1.54) is 71.3 Å². The van der Waals surface area contributed by atoms with Crippen molar-refractivity contribution in [2.24, 2.45) is 0 Å². The van der Waals surface area contributed by atoms with Gasteiger partial charge in [0.2, 0.25) is 0 Å². The molecule has 0 aromatic heterocycles. The van der Waals surface area contributed by atoms with E-state index in [1.54, 1.807) is 0 Å². The molecule has 0 amide bonds. The van der Waals surface area contributed by atoms with Gasteiger partial charge in [0.1, 0.15) is 0 Å². The summed E-state index contributed by atoms with van der Waals surface area (Å²) >= 11 is 0. The quantitative estimate of drug-likeness (QED) is 0.150. The molecule has 0 saturated heterocycles. The molecule has 0 spiro atoms. The SMILES string of the molecule is c1ccc(N(c2ccccc2)c2ccc3cc(-c4cccc(C5=C(c6ccccc6)C=CC(c6cc7ccccc7c7ccccc67)C5)c4)ccc3c2)cc#1. The molecule has 0 aliphatic heterocycles. The van der Waals surface area contributed by atoms with Crippen LogP contribution >= 0.6 is 0 Å². The molecule has 0 bridgehead atoms. The van der Waals surface area contributed by atoms with Gasteiger partial charge in [-0.1, -0.05) is 158 Å². The highest BCUT2D eigenvalue weighted by molar-refractivity contribution is 6.09. The fraction of sp³-hybridized carbons (Fsp3) is 0.0370. The van der Waals surface area contributed by atoms with E-state index >= 15 is 0 Å². The van der Waals surface area contributed by atoms with Gasteiger partial charge in [-0.05, 0) is 132 Å². The van der Waals surface area contributed by atoms with Crippen molar-refractivity contribution in [3.8, 4) is 11.1 Å². The zero-order valence-electron chi connectivity index (χ0n) is 30.4. The first kappa shape index (κ1) is 32.5. The molecule has 9 aromatic rings. The maximum absolute atomic E-state index is 3.13. The monoisotopic (exact) mass is 699 g/mol. The average molecular weight is 700 g/mol. The van der Waals surface area contributed by atoms with Crippen molar-refractivity contribution in [2.75, 3.05) is 4.90 Å². The lowest BCUT2D eigenvalue weighted by Crippen LogP contribution is -2.09. The Morgan fingerprint density at radius 2 is 1.13 bits per heavy atom. The van der Waals surface area contributed by atoms with E-state index in [0.29, 0.717) is 0 Å². The number of fused-ring (bicyclic) bond motifs is 4. The van der Waals surface area contributed by atoms with Crippen molar-refractivity contribution in [1.29, 1.82) is 0 Å². The second-order valence-electron chi connectivity index (χ2n) is 14.3. The molecule has 258 valence electrons. The zero-order chi connectivity index (χ0) is 36.6. The Morgan fingerprint density at radius 1 is 0.436 bits per heavy atom. The minimum atomic E-state index is 0.248. The van der Waals surface area contributed by atoms with Gasteiger partial charge in [0, 0.05) is 23.4 Å². The maximum Gasteiger partial charge on any atom is 0.0551 e. The Hall–Kier alpha value is -7.14. The van der Waals surface area contributed by atoms with E-state index in [1.807, 2.05) is 12.1 Å². The number of benzene rings is 8. The van der Waals surface area contributed by atoms with Crippen LogP contribution in [0.3, 0.4) is 0 Å². The smallest absolute Gasteiger partial charge is 0.0551 e. The molecule has 55 heavy (non-hydrogen) atoms. The lowest BCUT2D eigenvalue weighted by atomic mass is 9.78. The third kappa shape index (κ3) is 6.15. The van der Waals surface area contributed by atoms with Gasteiger partial charge in [0.25, 0.3) is 0 Å². The van der Waals surface area contributed by atoms with Crippen LogP contribution in [0.15, 0.2) is 206 Å². The van der Waals surface area contributed by atoms with Crippen LogP contribution in [0.25, 0.3) is 54.6 Å². The fourth-order valence-corrected chi connectivity index (χ4v) is 8.42. The van der Waals surface area contributed by atoms with Crippen LogP contribution in [-0.2, 0) is 0 Å². The van der Waals surface area contributed by atoms with E-state index in [4.69, 9.17) is 0 Å². The predicted molar refractivity (Wildman–Crippen MR) is 233 cm³/mol. The molecule has 9 aromatic carbocycles. The summed E-state index contributed by atoms with van der Waals surface area (Å²) in [7, 11) is 0. The summed E-state index contributed by atoms with van der Waals surface area (Å²) in [5, 5.41) is 7.66. The summed E-state index contributed by atoms with van der Waals surface area (Å²) in [4.78, 5) is 2.27. The number of para-hydroxylation sites is 1. The largest absolute Gasteiger partial charge is 0.310 e. The summed E-state index contributed by atoms with van der Waals surface area (Å²) in [5.41, 5.74) is 12.3. The normalized spacial score (nSPS) is 14.0. The number of rotatable bonds is 7. The van der Waals surface area contributed by atoms with Gasteiger partial charge in [-0.25, -0.2) is 0 Å². The first-order valence-corrected chi connectivity index (χ1v) is 19.0. The van der Waals surface area contributed by atoms with Crippen molar-refractivity contribution in [3.05, 3.63) is 235 Å². The van der Waals surface area contributed by atoms with E-state index in [0.717, 1.165) is 23.5 Å². The highest BCUT2D eigenvalue weighted by atomic mass is 15.1. The average Bonchev–Trinajstić information content (AvgIpc) is 3.27. The van der Waals surface area contributed by atoms with E-state index in [2.05, 4.69) is 211 Å². The highest BCUT2D eigenvalue weighted by Gasteiger charge is 2.23. The van der Waals surface area contributed by atoms with E-state index in [9.17, 15) is 0 Å². The third-order valence-corrected chi connectivity index (χ3v) is 11.1. The summed E-state index contributed by atoms with van der Waals surface area (Å²) in [6, 6.07) is 76.4. The maximum atomic E-state index is 3.13. The molecular formula is C54H37N. The summed E-state index contributed by atoms with van der Waals surface area (Å²) in [5.74, 6) is 0.248. The van der Waals surface area contributed by atoms with Crippen molar-refractivity contribution in [3.63, 3.8) is 0 Å². The van der Waals surface area contributed by atoms with Crippen molar-refractivity contribution in [1.82, 2.24) is 0 Å². The Balaban J connectivity index is 1.03. The number of hydrogen-bond acceptors (Lipinski definition) is 1. The van der Waals surface area contributed by atoms with Gasteiger partial charge in [-0.3, -0.25) is 0 Å². The molecule has 1 aliphatic rings. The van der Waals surface area contributed by atoms with Gasteiger partial charge >= 0.3 is 0 Å². The number of nitrogens with zero attached hydrogens (tertiary/aromatic N) is 1. The molecule has 0 saturated carbocycles. The summed E-state index contributed by atoms with van der Waals surface area (Å²) in [6.45, 7) is 0. The number of anilines is 3. The van der Waals surface area contributed by atoms with Gasteiger partial charge in [-0.2, -0.15) is 0 Å². The summed E-state index contributed by atoms with van der Waals surface area (Å²) < 4.78 is 0. The third-order valence-electron chi connectivity index (χ3n) is 11.1. The molecular weight excluding hydrogens is 663 g/mol. The van der Waals surface area contributed by atoms with Crippen LogP contribution in [0.4, 0.5) is 17.1 Å². The minimum Gasteiger partial charge on any atom is -0.310 e. The van der Waals surface area contributed by atoms with Crippen LogP contribution in [0.1, 0.15) is 29.0 Å². The fourth-order valence-electron chi connectivity index (χ4n) is 8.42. The van der Waals surface area contributed by atoms with Gasteiger partial charge in [-0.15, -0.1) is 0 Å². The number of hydrogen-bond donors (Lipinski definition) is 0. The Kier molecular flexibility index (Phi) is 8.28. The molecule has 0 heterocycles. The molecule has 10 rings (SSSR count). The molecule has 1 nitrogen and oxygen atoms in total. The van der Waals surface area contributed by atoms with E-state index in [-0.39, 0.29) is 5.92 Å². The first-order valence-electron chi connectivity index (χ1n) is 19.0. The van der Waals surface area contributed by atoms with Crippen LogP contribution in [-0.4, -0.2) is 0 Å². The van der Waals surface area contributed by atoms with Crippen molar-refractivity contribution < 1.29 is 0 Å². The van der Waals surface area contributed by atoms with Crippen LogP contribution < -0.4 is 4.90 Å². The van der Waals surface area contributed by atoms with Crippen molar-refractivity contribution in [2.45, 2.75) is 12.3 Å². The molecule has 1 atom stereocenters. The Labute approximate surface area is 322 Å². The molecule has 0 N–H and O–H groups in total. The molecule has 0 fully saturated rings. The molecule has 0 radical (unpaired) electrons. The van der Waals surface area contributed by atoms with Crippen LogP contribution in [0.5, 0.6) is 0 Å². The van der Waals surface area contributed by atoms with Crippen LogP contribution in [0.2, 0.25) is 0 Å². The highest BCUT2D eigenvalue weighted by Crippen LogP contribution is 2.44. The van der Waals surface area contributed by atoms with Gasteiger partial charge in [0.05, 0.1) is 5.69 Å². The van der Waals surface area contributed by atoms with E-state index < -0.39 is 0 Å².